The molecule has 0 saturated carbocycles. The Morgan fingerprint density at radius 2 is 1.66 bits per heavy atom. The summed E-state index contributed by atoms with van der Waals surface area (Å²) in [5.74, 6) is -2.19. The highest BCUT2D eigenvalue weighted by Crippen LogP contribution is 2.35. The van der Waals surface area contributed by atoms with Crippen molar-refractivity contribution in [1.29, 1.82) is 0 Å². The highest BCUT2D eigenvalue weighted by Gasteiger charge is 2.46. The Morgan fingerprint density at radius 1 is 0.853 bits per heavy atom. The number of aromatic nitrogens is 3. The molecule has 2 unspecified atom stereocenters. The number of imide groups is 2. The van der Waals surface area contributed by atoms with Crippen molar-refractivity contribution < 1.29 is 33.5 Å². The van der Waals surface area contributed by atoms with Gasteiger partial charge in [-0.05, 0) is 75.0 Å². The van der Waals surface area contributed by atoms with Crippen LogP contribution in [-0.2, 0) is 14.4 Å². The van der Waals surface area contributed by atoms with Crippen LogP contribution < -0.4 is 25.6 Å². The first-order chi connectivity index (χ1) is 33.1. The second kappa shape index (κ2) is 21.0. The predicted molar refractivity (Wildman–Crippen MR) is 257 cm³/mol. The van der Waals surface area contributed by atoms with E-state index < -0.39 is 29.7 Å². The van der Waals surface area contributed by atoms with Gasteiger partial charge in [-0.1, -0.05) is 61.2 Å². The Morgan fingerprint density at radius 3 is 2.51 bits per heavy atom. The number of unbranched alkanes of at least 4 members (excludes halogenated alkanes) is 4. The number of likely N-dealkylation sites (tertiary alicyclic amines) is 1. The topological polar surface area (TPSA) is 202 Å². The van der Waals surface area contributed by atoms with Crippen LogP contribution in [0.25, 0.3) is 22.2 Å². The Balaban J connectivity index is 0.654. The number of nitrogens with zero attached hydrogens (tertiary/aromatic N) is 6. The lowest BCUT2D eigenvalue weighted by Crippen LogP contribution is -2.54. The zero-order chi connectivity index (χ0) is 47.1. The van der Waals surface area contributed by atoms with E-state index in [4.69, 9.17) is 21.3 Å². The summed E-state index contributed by atoms with van der Waals surface area (Å²) in [6.07, 6.45) is 10.4. The molecule has 2 aromatic heterocycles. The first kappa shape index (κ1) is 46.3. The molecule has 9 rings (SSSR count). The summed E-state index contributed by atoms with van der Waals surface area (Å²) in [6, 6.07) is 19.5. The number of halogens is 1. The zero-order valence-electron chi connectivity index (χ0n) is 37.8. The number of H-pyrrole nitrogens is 1. The van der Waals surface area contributed by atoms with Gasteiger partial charge in [-0.15, -0.1) is 0 Å². The molecule has 3 fully saturated rings. The van der Waals surface area contributed by atoms with Crippen LogP contribution in [0.2, 0.25) is 5.02 Å². The Kier molecular flexibility index (Phi) is 14.3. The molecule has 3 aromatic carbocycles. The maximum Gasteiger partial charge on any atom is 0.266 e. The van der Waals surface area contributed by atoms with E-state index in [-0.39, 0.29) is 54.2 Å². The molecule has 4 aliphatic heterocycles. The molecule has 6 heterocycles. The van der Waals surface area contributed by atoms with Gasteiger partial charge in [-0.25, -0.2) is 9.97 Å². The van der Waals surface area contributed by atoms with Crippen molar-refractivity contribution in [2.75, 3.05) is 69.2 Å². The van der Waals surface area contributed by atoms with E-state index in [2.05, 4.69) is 41.8 Å². The van der Waals surface area contributed by atoms with Gasteiger partial charge in [0.15, 0.2) is 6.61 Å². The molecule has 17 nitrogen and oxygen atoms in total. The molecule has 0 radical (unpaired) electrons. The van der Waals surface area contributed by atoms with Crippen LogP contribution in [0.1, 0.15) is 88.9 Å². The molecule has 4 aliphatic rings. The molecule has 5 aromatic rings. The monoisotopic (exact) mass is 942 g/mol. The maximum atomic E-state index is 13.9. The van der Waals surface area contributed by atoms with Gasteiger partial charge in [0.1, 0.15) is 11.8 Å². The molecule has 0 bridgehead atoms. The first-order valence-electron chi connectivity index (χ1n) is 23.6. The first-order valence-corrected chi connectivity index (χ1v) is 24.0. The second-order valence-electron chi connectivity index (χ2n) is 17.8. The van der Waals surface area contributed by atoms with Crippen molar-refractivity contribution in [3.8, 4) is 17.0 Å². The highest BCUT2D eigenvalue weighted by atomic mass is 35.5. The number of aromatic amines is 1. The Labute approximate surface area is 398 Å². The van der Waals surface area contributed by atoms with Gasteiger partial charge >= 0.3 is 0 Å². The average molecular weight is 944 g/mol. The fourth-order valence-electron chi connectivity index (χ4n) is 9.62. The molecule has 18 heteroatoms. The lowest BCUT2D eigenvalue weighted by molar-refractivity contribution is -0.136. The number of carbonyl (C=O) groups is 6. The molecular weight excluding hydrogens is 888 g/mol. The van der Waals surface area contributed by atoms with Crippen LogP contribution in [0.5, 0.6) is 5.75 Å². The standard InChI is InChI=1S/C50H55ClN10O7/c51-38-29-54-50(57-45(38)37-28-53-39-16-5-4-14-35(37)39)55-33-12-10-22-60(30-33)47(65)32-11-8-13-34(27-32)59-25-23-58(24-26-59)21-7-3-1-2-6-20-52-43(63)31-68-41-17-9-15-36-44(41)49(67)61(48(36)66)40-18-19-42(62)56-46(40)64/h4-5,8-9,11,13-17,27-29,33,40,53H,1-3,6-7,10,12,18-26,30-31H2,(H,52,63)(H,54,55,57)(H,56,62,64). The molecular formula is C50H55ClN10O7. The number of para-hydroxylation sites is 1. The smallest absolute Gasteiger partial charge is 0.266 e. The molecule has 2 atom stereocenters. The van der Waals surface area contributed by atoms with Crippen molar-refractivity contribution in [1.82, 2.24) is 40.3 Å². The van der Waals surface area contributed by atoms with Crippen LogP contribution in [0.4, 0.5) is 11.6 Å². The van der Waals surface area contributed by atoms with Gasteiger partial charge in [0.2, 0.25) is 17.8 Å². The summed E-state index contributed by atoms with van der Waals surface area (Å²) in [6.45, 7) is 6.12. The number of fused-ring (bicyclic) bond motifs is 2. The zero-order valence-corrected chi connectivity index (χ0v) is 38.6. The predicted octanol–water partition coefficient (Wildman–Crippen LogP) is 5.66. The highest BCUT2D eigenvalue weighted by molar-refractivity contribution is 6.33. The minimum absolute atomic E-state index is 0.000309. The van der Waals surface area contributed by atoms with Crippen molar-refractivity contribution in [3.05, 3.63) is 101 Å². The minimum atomic E-state index is -1.08. The number of carbonyl (C=O) groups excluding carboxylic acids is 6. The molecule has 354 valence electrons. The summed E-state index contributed by atoms with van der Waals surface area (Å²) in [5, 5.41) is 10.0. The summed E-state index contributed by atoms with van der Waals surface area (Å²) < 4.78 is 5.69. The SMILES string of the molecule is O=C(COc1cccc2c1C(=O)N(C1CCC(=O)NC1=O)C2=O)NCCCCCCCN1CCN(c2cccc(C(=O)N3CCCC(Nc4ncc(Cl)c(-c5c[nH]c6ccccc56)n4)C3)c2)CC1. The average Bonchev–Trinajstić information content (AvgIpc) is 3.90. The number of hydrogen-bond acceptors (Lipinski definition) is 12. The fourth-order valence-corrected chi connectivity index (χ4v) is 9.81. The number of nitrogens with one attached hydrogen (secondary N) is 4. The van der Waals surface area contributed by atoms with Crippen molar-refractivity contribution in [2.45, 2.75) is 69.9 Å². The number of rotatable bonds is 17. The number of amides is 6. The van der Waals surface area contributed by atoms with Gasteiger partial charge in [0.25, 0.3) is 23.6 Å². The lowest BCUT2D eigenvalue weighted by Gasteiger charge is -2.36. The Hall–Kier alpha value is -6.85. The van der Waals surface area contributed by atoms with Gasteiger partial charge in [0, 0.05) is 92.2 Å². The molecule has 68 heavy (non-hydrogen) atoms. The summed E-state index contributed by atoms with van der Waals surface area (Å²) >= 11 is 6.58. The van der Waals surface area contributed by atoms with Crippen LogP contribution in [-0.4, -0.2) is 136 Å². The van der Waals surface area contributed by atoms with E-state index >= 15 is 0 Å². The molecule has 3 saturated heterocycles. The number of anilines is 2. The van der Waals surface area contributed by atoms with E-state index in [1.54, 1.807) is 12.3 Å². The molecule has 0 spiro atoms. The summed E-state index contributed by atoms with van der Waals surface area (Å²) in [5.41, 5.74) is 4.44. The number of piperidine rings is 2. The van der Waals surface area contributed by atoms with Gasteiger partial charge in [-0.3, -0.25) is 43.9 Å². The summed E-state index contributed by atoms with van der Waals surface area (Å²) in [7, 11) is 0. The van der Waals surface area contributed by atoms with Crippen molar-refractivity contribution >= 4 is 69.6 Å². The summed E-state index contributed by atoms with van der Waals surface area (Å²) in [4.78, 5) is 97.0. The second-order valence-corrected chi connectivity index (χ2v) is 18.2. The number of piperazine rings is 1. The van der Waals surface area contributed by atoms with E-state index in [1.165, 1.54) is 12.1 Å². The third-order valence-corrected chi connectivity index (χ3v) is 13.5. The number of hydrogen-bond donors (Lipinski definition) is 4. The van der Waals surface area contributed by atoms with E-state index in [0.29, 0.717) is 41.9 Å². The third-order valence-electron chi connectivity index (χ3n) is 13.2. The normalized spacial score (nSPS) is 18.8. The van der Waals surface area contributed by atoms with Crippen molar-refractivity contribution in [2.24, 2.45) is 0 Å². The van der Waals surface area contributed by atoms with Gasteiger partial charge in [0.05, 0.1) is 28.0 Å². The quantitative estimate of drug-likeness (QED) is 0.0659. The minimum Gasteiger partial charge on any atom is -0.483 e. The van der Waals surface area contributed by atoms with Gasteiger partial charge in [-0.2, -0.15) is 0 Å². The third kappa shape index (κ3) is 10.3. The molecule has 4 N–H and O–H groups in total. The van der Waals surface area contributed by atoms with Crippen molar-refractivity contribution in [3.63, 3.8) is 0 Å². The lowest BCUT2D eigenvalue weighted by atomic mass is 10.0. The van der Waals surface area contributed by atoms with Crippen LogP contribution in [0.15, 0.2) is 79.1 Å². The van der Waals surface area contributed by atoms with E-state index in [9.17, 15) is 28.8 Å². The van der Waals surface area contributed by atoms with Gasteiger partial charge < -0.3 is 30.2 Å². The van der Waals surface area contributed by atoms with Crippen LogP contribution >= 0.6 is 11.6 Å². The van der Waals surface area contributed by atoms with E-state index in [1.807, 2.05) is 53.6 Å². The fraction of sp³-hybridized carbons (Fsp3) is 0.400. The molecule has 0 aliphatic carbocycles. The van der Waals surface area contributed by atoms with Crippen LogP contribution in [0.3, 0.4) is 0 Å². The maximum absolute atomic E-state index is 13.9. The Bertz CT molecular complexity index is 2720. The largest absolute Gasteiger partial charge is 0.483 e. The number of benzene rings is 3. The van der Waals surface area contributed by atoms with Crippen LogP contribution in [0, 0.1) is 0 Å². The molecule has 6 amide bonds. The number of ether oxygens (including phenoxy) is 1. The van der Waals surface area contributed by atoms with E-state index in [0.717, 1.165) is 105 Å².